The van der Waals surface area contributed by atoms with E-state index in [-0.39, 0.29) is 13.2 Å². The third kappa shape index (κ3) is 1.94. The molecule has 1 heterocycles. The third-order valence-electron chi connectivity index (χ3n) is 1.24. The summed E-state index contributed by atoms with van der Waals surface area (Å²) in [4.78, 5) is 0. The summed E-state index contributed by atoms with van der Waals surface area (Å²) in [5, 5.41) is 0. The topological polar surface area (TPSA) is 86.7 Å². The Labute approximate surface area is 70.1 Å². The SMILES string of the molecule is O=S1(=O)OCCCCOS1(=O)=O. The molecule has 0 aromatic carbocycles. The first kappa shape index (κ1) is 9.90. The van der Waals surface area contributed by atoms with Crippen LogP contribution in [0.3, 0.4) is 0 Å². The van der Waals surface area contributed by atoms with Gasteiger partial charge < -0.3 is 0 Å². The lowest BCUT2D eigenvalue weighted by atomic mass is 10.3. The molecule has 1 aliphatic heterocycles. The van der Waals surface area contributed by atoms with Gasteiger partial charge >= 0.3 is 18.3 Å². The van der Waals surface area contributed by atoms with E-state index < -0.39 is 18.3 Å². The van der Waals surface area contributed by atoms with Crippen molar-refractivity contribution in [3.63, 3.8) is 0 Å². The van der Waals surface area contributed by atoms with Gasteiger partial charge in [-0.25, -0.2) is 0 Å². The molecule has 0 atom stereocenters. The minimum Gasteiger partial charge on any atom is -0.257 e. The van der Waals surface area contributed by atoms with E-state index in [0.29, 0.717) is 12.8 Å². The average Bonchev–Trinajstić information content (AvgIpc) is 1.94. The second kappa shape index (κ2) is 3.29. The lowest BCUT2D eigenvalue weighted by molar-refractivity contribution is 0.257. The summed E-state index contributed by atoms with van der Waals surface area (Å²) in [6, 6.07) is 0. The summed E-state index contributed by atoms with van der Waals surface area (Å²) < 4.78 is 51.3. The van der Waals surface area contributed by atoms with E-state index in [9.17, 15) is 16.8 Å². The Bertz CT molecular complexity index is 302. The fourth-order valence-electron chi connectivity index (χ4n) is 0.644. The van der Waals surface area contributed by atoms with Crippen LogP contribution in [0.25, 0.3) is 0 Å². The molecule has 0 saturated carbocycles. The van der Waals surface area contributed by atoms with Crippen LogP contribution >= 0.6 is 0 Å². The van der Waals surface area contributed by atoms with E-state index in [1.54, 1.807) is 0 Å². The predicted molar refractivity (Wildman–Crippen MR) is 39.0 cm³/mol. The van der Waals surface area contributed by atoms with E-state index in [4.69, 9.17) is 0 Å². The largest absolute Gasteiger partial charge is 0.400 e. The van der Waals surface area contributed by atoms with E-state index in [2.05, 4.69) is 8.37 Å². The van der Waals surface area contributed by atoms with Crippen LogP contribution in [0, 0.1) is 0 Å². The Morgan fingerprint density at radius 2 is 1.08 bits per heavy atom. The van der Waals surface area contributed by atoms with Crippen molar-refractivity contribution < 1.29 is 25.2 Å². The Morgan fingerprint density at radius 1 is 0.750 bits per heavy atom. The molecule has 0 amide bonds. The van der Waals surface area contributed by atoms with Crippen LogP contribution in [0.15, 0.2) is 0 Å². The highest BCUT2D eigenvalue weighted by atomic mass is 33.2. The minimum atomic E-state index is -4.57. The Balaban J connectivity index is 2.97. The van der Waals surface area contributed by atoms with Crippen molar-refractivity contribution >= 4 is 18.3 Å². The zero-order valence-corrected chi connectivity index (χ0v) is 7.73. The van der Waals surface area contributed by atoms with Crippen LogP contribution in [-0.2, 0) is 26.7 Å². The molecule has 12 heavy (non-hydrogen) atoms. The summed E-state index contributed by atoms with van der Waals surface area (Å²) in [6.45, 7) is -0.212. The van der Waals surface area contributed by atoms with Crippen LogP contribution in [0.1, 0.15) is 12.8 Å². The van der Waals surface area contributed by atoms with Crippen molar-refractivity contribution in [1.29, 1.82) is 0 Å². The van der Waals surface area contributed by atoms with Gasteiger partial charge in [-0.05, 0) is 12.8 Å². The van der Waals surface area contributed by atoms with Crippen molar-refractivity contribution in [2.75, 3.05) is 13.2 Å². The van der Waals surface area contributed by atoms with Gasteiger partial charge in [0.2, 0.25) is 0 Å². The smallest absolute Gasteiger partial charge is 0.257 e. The summed E-state index contributed by atoms with van der Waals surface area (Å²) in [7, 11) is -9.14. The van der Waals surface area contributed by atoms with Crippen LogP contribution in [0.4, 0.5) is 0 Å². The molecule has 1 saturated heterocycles. The highest BCUT2D eigenvalue weighted by molar-refractivity contribution is 8.63. The second-order valence-electron chi connectivity index (χ2n) is 2.17. The molecule has 0 aromatic heterocycles. The predicted octanol–water partition coefficient (Wildman–Crippen LogP) is -0.612. The number of hydrogen-bond acceptors (Lipinski definition) is 6. The molecule has 0 N–H and O–H groups in total. The first-order valence-electron chi connectivity index (χ1n) is 3.24. The molecular formula is C4H8O6S2. The fourth-order valence-corrected chi connectivity index (χ4v) is 2.64. The number of hydrogen-bond donors (Lipinski definition) is 0. The maximum atomic E-state index is 10.7. The molecule has 0 bridgehead atoms. The highest BCUT2D eigenvalue weighted by Crippen LogP contribution is 2.12. The van der Waals surface area contributed by atoms with Gasteiger partial charge in [-0.15, -0.1) is 0 Å². The molecule has 0 spiro atoms. The van der Waals surface area contributed by atoms with E-state index in [1.807, 2.05) is 0 Å². The summed E-state index contributed by atoms with van der Waals surface area (Å²) in [6.07, 6.45) is 0.934. The van der Waals surface area contributed by atoms with Crippen molar-refractivity contribution in [1.82, 2.24) is 0 Å². The van der Waals surface area contributed by atoms with Crippen molar-refractivity contribution in [2.24, 2.45) is 0 Å². The molecule has 1 fully saturated rings. The lowest BCUT2D eigenvalue weighted by Crippen LogP contribution is -2.24. The molecule has 8 heteroatoms. The van der Waals surface area contributed by atoms with Crippen molar-refractivity contribution in [3.05, 3.63) is 0 Å². The van der Waals surface area contributed by atoms with Gasteiger partial charge in [-0.2, -0.15) is 16.8 Å². The lowest BCUT2D eigenvalue weighted by Gasteiger charge is -2.10. The Morgan fingerprint density at radius 3 is 1.42 bits per heavy atom. The summed E-state index contributed by atoms with van der Waals surface area (Å²) in [5.74, 6) is 0. The van der Waals surface area contributed by atoms with Gasteiger partial charge in [-0.3, -0.25) is 8.37 Å². The normalized spacial score (nSPS) is 28.7. The maximum Gasteiger partial charge on any atom is 0.400 e. The molecule has 0 aliphatic carbocycles. The highest BCUT2D eigenvalue weighted by Gasteiger charge is 2.33. The number of rotatable bonds is 0. The fraction of sp³-hybridized carbons (Fsp3) is 1.00. The van der Waals surface area contributed by atoms with Crippen LogP contribution in [0.5, 0.6) is 0 Å². The molecule has 0 unspecified atom stereocenters. The van der Waals surface area contributed by atoms with Gasteiger partial charge in [0.05, 0.1) is 13.2 Å². The van der Waals surface area contributed by atoms with Gasteiger partial charge in [0.1, 0.15) is 0 Å². The van der Waals surface area contributed by atoms with E-state index >= 15 is 0 Å². The zero-order chi connectivity index (χ0) is 9.24. The monoisotopic (exact) mass is 216 g/mol. The van der Waals surface area contributed by atoms with E-state index in [0.717, 1.165) is 0 Å². The zero-order valence-electron chi connectivity index (χ0n) is 6.09. The summed E-state index contributed by atoms with van der Waals surface area (Å²) in [5.41, 5.74) is 0. The first-order valence-corrected chi connectivity index (χ1v) is 6.58. The van der Waals surface area contributed by atoms with Crippen LogP contribution < -0.4 is 0 Å². The van der Waals surface area contributed by atoms with Crippen LogP contribution in [0.2, 0.25) is 0 Å². The van der Waals surface area contributed by atoms with Crippen LogP contribution in [-0.4, -0.2) is 30.0 Å². The molecule has 72 valence electrons. The molecular weight excluding hydrogens is 208 g/mol. The Kier molecular flexibility index (Phi) is 2.71. The summed E-state index contributed by atoms with van der Waals surface area (Å²) >= 11 is 0. The second-order valence-corrected chi connectivity index (χ2v) is 6.72. The standard InChI is InChI=1S/C4H8O6S2/c5-11(6)9-3-1-2-4-10-12(11,7)8/h1-4H2. The van der Waals surface area contributed by atoms with Gasteiger partial charge in [0.15, 0.2) is 0 Å². The minimum absolute atomic E-state index is 0.106. The first-order chi connectivity index (χ1) is 5.46. The molecule has 0 aromatic rings. The quantitative estimate of drug-likeness (QED) is 0.502. The van der Waals surface area contributed by atoms with Gasteiger partial charge in [0.25, 0.3) is 0 Å². The maximum absolute atomic E-state index is 10.7. The van der Waals surface area contributed by atoms with Gasteiger partial charge in [-0.1, -0.05) is 0 Å². The molecule has 0 radical (unpaired) electrons. The van der Waals surface area contributed by atoms with E-state index in [1.165, 1.54) is 0 Å². The van der Waals surface area contributed by atoms with Crippen molar-refractivity contribution in [2.45, 2.75) is 12.8 Å². The molecule has 1 rings (SSSR count). The molecule has 1 aliphatic rings. The van der Waals surface area contributed by atoms with Gasteiger partial charge in [0, 0.05) is 0 Å². The molecule has 6 nitrogen and oxygen atoms in total. The van der Waals surface area contributed by atoms with Crippen molar-refractivity contribution in [3.8, 4) is 0 Å². The third-order valence-corrected chi connectivity index (χ3v) is 4.73. The average molecular weight is 216 g/mol. The Hall–Kier alpha value is -0.180.